The number of piperazine rings is 1. The van der Waals surface area contributed by atoms with E-state index in [1.165, 1.54) is 11.9 Å². The number of aryl methyl sites for hydroxylation is 2. The van der Waals surface area contributed by atoms with Gasteiger partial charge in [-0.25, -0.2) is 15.0 Å². The van der Waals surface area contributed by atoms with Gasteiger partial charge in [-0.1, -0.05) is 60.7 Å². The van der Waals surface area contributed by atoms with Crippen molar-refractivity contribution in [3.05, 3.63) is 132 Å². The number of rotatable bonds is 10. The summed E-state index contributed by atoms with van der Waals surface area (Å²) >= 11 is 0. The number of nitrogens with zero attached hydrogens (tertiary/aromatic N) is 6. The second-order valence-corrected chi connectivity index (χ2v) is 13.2. The van der Waals surface area contributed by atoms with Crippen LogP contribution in [0.15, 0.2) is 116 Å². The third-order valence-corrected chi connectivity index (χ3v) is 9.28. The minimum Gasteiger partial charge on any atom is -0.438 e. The van der Waals surface area contributed by atoms with E-state index in [-0.39, 0.29) is 17.4 Å². The molecule has 7 rings (SSSR count). The Bertz CT molecular complexity index is 2140. The topological polar surface area (TPSA) is 108 Å². The van der Waals surface area contributed by atoms with Crippen LogP contribution in [-0.4, -0.2) is 63.0 Å². The van der Waals surface area contributed by atoms with Crippen LogP contribution in [0.1, 0.15) is 35.3 Å². The van der Waals surface area contributed by atoms with Gasteiger partial charge in [0.1, 0.15) is 11.3 Å². The predicted molar refractivity (Wildman–Crippen MR) is 208 cm³/mol. The molecule has 10 heteroatoms. The van der Waals surface area contributed by atoms with Gasteiger partial charge in [0, 0.05) is 72.8 Å². The number of carbonyl (C=O) groups excluding carboxylic acids is 1. The molecule has 10 nitrogen and oxygen atoms in total. The summed E-state index contributed by atoms with van der Waals surface area (Å²) in [6.07, 6.45) is 3.24. The average molecular weight is 691 g/mol. The number of nitrogens with one attached hydrogen (secondary N) is 2. The summed E-state index contributed by atoms with van der Waals surface area (Å²) in [7, 11) is 0. The zero-order chi connectivity index (χ0) is 36.0. The molecule has 262 valence electrons. The van der Waals surface area contributed by atoms with E-state index >= 15 is 0 Å². The first-order valence-corrected chi connectivity index (χ1v) is 17.6. The molecule has 1 aliphatic rings. The van der Waals surface area contributed by atoms with Gasteiger partial charge in [-0.3, -0.25) is 9.69 Å². The summed E-state index contributed by atoms with van der Waals surface area (Å²) in [4.78, 5) is 37.2. The Labute approximate surface area is 304 Å². The van der Waals surface area contributed by atoms with Crippen molar-refractivity contribution in [2.45, 2.75) is 33.7 Å². The highest BCUT2D eigenvalue weighted by molar-refractivity contribution is 6.06. The molecular weight excluding hydrogens is 649 g/mol. The lowest BCUT2D eigenvalue weighted by Gasteiger charge is -2.38. The molecule has 0 bridgehead atoms. The van der Waals surface area contributed by atoms with Gasteiger partial charge in [-0.2, -0.15) is 4.98 Å². The van der Waals surface area contributed by atoms with Crippen LogP contribution in [0.25, 0.3) is 22.6 Å². The summed E-state index contributed by atoms with van der Waals surface area (Å²) in [5, 5.41) is 6.35. The van der Waals surface area contributed by atoms with Crippen LogP contribution in [0.2, 0.25) is 0 Å². The van der Waals surface area contributed by atoms with E-state index in [0.29, 0.717) is 23.6 Å². The van der Waals surface area contributed by atoms with Crippen molar-refractivity contribution in [3.63, 3.8) is 0 Å². The Kier molecular flexibility index (Phi) is 10.2. The fraction of sp³-hybridized carbons (Fsp3) is 0.214. The summed E-state index contributed by atoms with van der Waals surface area (Å²) in [6, 6.07) is 33.9. The van der Waals surface area contributed by atoms with Gasteiger partial charge in [0.25, 0.3) is 5.91 Å². The molecule has 0 saturated carbocycles. The Morgan fingerprint density at radius 1 is 0.769 bits per heavy atom. The summed E-state index contributed by atoms with van der Waals surface area (Å²) in [5.41, 5.74) is 7.34. The third kappa shape index (κ3) is 7.92. The molecule has 2 aromatic heterocycles. The molecule has 4 aromatic carbocycles. The molecule has 1 aliphatic heterocycles. The summed E-state index contributed by atoms with van der Waals surface area (Å²) < 4.78 is 6.40. The zero-order valence-electron chi connectivity index (χ0n) is 29.9. The van der Waals surface area contributed by atoms with Gasteiger partial charge in [0.2, 0.25) is 11.8 Å². The van der Waals surface area contributed by atoms with E-state index in [0.717, 1.165) is 65.5 Å². The largest absolute Gasteiger partial charge is 0.438 e. The first-order valence-electron chi connectivity index (χ1n) is 17.6. The maximum atomic E-state index is 13.8. The highest BCUT2D eigenvalue weighted by Crippen LogP contribution is 2.31. The zero-order valence-corrected chi connectivity index (χ0v) is 29.9. The van der Waals surface area contributed by atoms with Crippen LogP contribution in [0.3, 0.4) is 0 Å². The minimum absolute atomic E-state index is 0.116. The lowest BCUT2D eigenvalue weighted by Crippen LogP contribution is -2.48. The van der Waals surface area contributed by atoms with Gasteiger partial charge >= 0.3 is 0 Å². The van der Waals surface area contributed by atoms with Crippen molar-refractivity contribution < 1.29 is 9.53 Å². The lowest BCUT2D eigenvalue weighted by atomic mass is 10.1. The smallest absolute Gasteiger partial charge is 0.262 e. The van der Waals surface area contributed by atoms with Gasteiger partial charge in [0.15, 0.2) is 5.82 Å². The van der Waals surface area contributed by atoms with Crippen LogP contribution in [-0.2, 0) is 0 Å². The number of amides is 1. The van der Waals surface area contributed by atoms with Gasteiger partial charge in [0.05, 0.1) is 5.69 Å². The van der Waals surface area contributed by atoms with Crippen molar-refractivity contribution in [2.75, 3.05) is 41.7 Å². The van der Waals surface area contributed by atoms with Gasteiger partial charge in [-0.05, 0) is 81.3 Å². The van der Waals surface area contributed by atoms with E-state index in [1.807, 2.05) is 105 Å². The minimum atomic E-state index is -0.375. The molecule has 1 amide bonds. The first kappa shape index (κ1) is 34.3. The average Bonchev–Trinajstić information content (AvgIpc) is 3.17. The predicted octanol–water partition coefficient (Wildman–Crippen LogP) is 8.54. The number of hydrogen-bond acceptors (Lipinski definition) is 9. The second-order valence-electron chi connectivity index (χ2n) is 13.2. The highest BCUT2D eigenvalue weighted by Gasteiger charge is 2.21. The van der Waals surface area contributed by atoms with Crippen LogP contribution in [0.4, 0.5) is 23.0 Å². The maximum Gasteiger partial charge on any atom is 0.262 e. The molecule has 6 aromatic rings. The Balaban J connectivity index is 1.15. The van der Waals surface area contributed by atoms with Gasteiger partial charge in [-0.15, -0.1) is 0 Å². The highest BCUT2D eigenvalue weighted by atomic mass is 16.5. The molecule has 2 N–H and O–H groups in total. The number of ether oxygens (including phenoxy) is 1. The first-order chi connectivity index (χ1) is 25.3. The van der Waals surface area contributed by atoms with Crippen molar-refractivity contribution in [3.8, 4) is 34.3 Å². The number of benzene rings is 4. The molecule has 0 spiro atoms. The van der Waals surface area contributed by atoms with Crippen molar-refractivity contribution in [1.82, 2.24) is 24.8 Å². The van der Waals surface area contributed by atoms with E-state index in [9.17, 15) is 4.79 Å². The van der Waals surface area contributed by atoms with E-state index in [2.05, 4.69) is 56.4 Å². The molecule has 0 radical (unpaired) electrons. The van der Waals surface area contributed by atoms with Crippen molar-refractivity contribution >= 4 is 28.9 Å². The van der Waals surface area contributed by atoms with Crippen molar-refractivity contribution in [2.24, 2.45) is 0 Å². The fourth-order valence-corrected chi connectivity index (χ4v) is 6.31. The molecule has 52 heavy (non-hydrogen) atoms. The Hall–Kier alpha value is -6.13. The molecular formula is C42H42N8O2. The standard InChI is InChI=1S/C42H42N8O2/c1-28(2)49-22-24-50(25-23-49)34-18-16-33(17-19-34)45-42-44-27-36(40(51)47-38-29(3)10-8-11-30(38)4)41(48-42)52-35-15-9-14-32(26-35)37-20-21-43-39(46-37)31-12-6-5-7-13-31/h5-21,26-28H,22-25H2,1-4H3,(H,47,51)(H,44,45,48). The quantitative estimate of drug-likeness (QED) is 0.146. The van der Waals surface area contributed by atoms with E-state index < -0.39 is 0 Å². The van der Waals surface area contributed by atoms with Crippen LogP contribution < -0.4 is 20.3 Å². The van der Waals surface area contributed by atoms with E-state index in [1.54, 1.807) is 6.20 Å². The maximum absolute atomic E-state index is 13.8. The molecule has 1 fully saturated rings. The molecule has 0 aliphatic carbocycles. The Morgan fingerprint density at radius 2 is 1.48 bits per heavy atom. The molecule has 3 heterocycles. The van der Waals surface area contributed by atoms with Crippen LogP contribution >= 0.6 is 0 Å². The van der Waals surface area contributed by atoms with Crippen LogP contribution in [0, 0.1) is 13.8 Å². The summed E-state index contributed by atoms with van der Waals surface area (Å²) in [6.45, 7) is 12.5. The number of hydrogen-bond donors (Lipinski definition) is 2. The van der Waals surface area contributed by atoms with Crippen molar-refractivity contribution in [1.29, 1.82) is 0 Å². The fourth-order valence-electron chi connectivity index (χ4n) is 6.31. The SMILES string of the molecule is Cc1cccc(C)c1NC(=O)c1cnc(Nc2ccc(N3CCN(C(C)C)CC3)cc2)nc1Oc1cccc(-c2ccnc(-c3ccccc3)n2)c1. The molecule has 0 unspecified atom stereocenters. The monoisotopic (exact) mass is 690 g/mol. The third-order valence-electron chi connectivity index (χ3n) is 9.28. The van der Waals surface area contributed by atoms with Gasteiger partial charge < -0.3 is 20.3 Å². The number of aromatic nitrogens is 4. The number of anilines is 4. The van der Waals surface area contributed by atoms with Crippen LogP contribution in [0.5, 0.6) is 11.6 Å². The molecule has 0 atom stereocenters. The van der Waals surface area contributed by atoms with E-state index in [4.69, 9.17) is 14.7 Å². The second kappa shape index (κ2) is 15.4. The number of carbonyl (C=O) groups is 1. The molecule has 1 saturated heterocycles. The summed E-state index contributed by atoms with van der Waals surface area (Å²) in [5.74, 6) is 1.16. The number of para-hydroxylation sites is 1. The normalized spacial score (nSPS) is 13.2. The Morgan fingerprint density at radius 3 is 2.21 bits per heavy atom. The lowest BCUT2D eigenvalue weighted by molar-refractivity contribution is 0.102.